The molecule has 0 aliphatic heterocycles. The fourth-order valence-electron chi connectivity index (χ4n) is 2.51. The van der Waals surface area contributed by atoms with Crippen molar-refractivity contribution in [3.63, 3.8) is 0 Å². The molecule has 0 amide bonds. The third-order valence-electron chi connectivity index (χ3n) is 4.04. The number of hydrogen-bond donors (Lipinski definition) is 1. The smallest absolute Gasteiger partial charge is 0.0205 e. The van der Waals surface area contributed by atoms with Crippen LogP contribution in [0.3, 0.4) is 0 Å². The van der Waals surface area contributed by atoms with Crippen molar-refractivity contribution < 1.29 is 0 Å². The normalized spacial score (nSPS) is 12.1. The summed E-state index contributed by atoms with van der Waals surface area (Å²) in [5, 5.41) is 3.62. The van der Waals surface area contributed by atoms with Crippen LogP contribution in [0.5, 0.6) is 0 Å². The van der Waals surface area contributed by atoms with Crippen LogP contribution < -0.4 is 5.32 Å². The Morgan fingerprint density at radius 1 is 1.05 bits per heavy atom. The third kappa shape index (κ3) is 6.56. The third-order valence-corrected chi connectivity index (χ3v) is 4.04. The van der Waals surface area contributed by atoms with E-state index in [4.69, 9.17) is 0 Å². The molecule has 0 unspecified atom stereocenters. The standard InChI is InChI=1S/C19H33N/c1-6-7-8-13-19(4,5)15-20-14-17-9-11-18(12-10-17)16(2)3/h9-12,16,20H,6-8,13-15H2,1-5H3. The molecule has 0 saturated heterocycles. The van der Waals surface area contributed by atoms with Crippen LogP contribution in [0.4, 0.5) is 0 Å². The first-order valence-electron chi connectivity index (χ1n) is 8.24. The Balaban J connectivity index is 2.32. The Kier molecular flexibility index (Phi) is 7.29. The lowest BCUT2D eigenvalue weighted by molar-refractivity contribution is 0.302. The van der Waals surface area contributed by atoms with Crippen molar-refractivity contribution in [1.29, 1.82) is 0 Å². The Morgan fingerprint density at radius 3 is 2.25 bits per heavy atom. The van der Waals surface area contributed by atoms with Crippen molar-refractivity contribution in [2.24, 2.45) is 5.41 Å². The van der Waals surface area contributed by atoms with Crippen LogP contribution in [-0.4, -0.2) is 6.54 Å². The molecule has 0 spiro atoms. The first-order chi connectivity index (χ1) is 9.44. The van der Waals surface area contributed by atoms with Gasteiger partial charge in [0.2, 0.25) is 0 Å². The van der Waals surface area contributed by atoms with Crippen molar-refractivity contribution in [1.82, 2.24) is 5.32 Å². The van der Waals surface area contributed by atoms with E-state index in [2.05, 4.69) is 64.2 Å². The van der Waals surface area contributed by atoms with E-state index >= 15 is 0 Å². The van der Waals surface area contributed by atoms with Crippen LogP contribution in [0, 0.1) is 5.41 Å². The Labute approximate surface area is 126 Å². The van der Waals surface area contributed by atoms with Crippen LogP contribution >= 0.6 is 0 Å². The molecule has 1 heteroatoms. The average Bonchev–Trinajstić information content (AvgIpc) is 2.39. The molecule has 1 rings (SSSR count). The number of rotatable bonds is 9. The second-order valence-corrected chi connectivity index (χ2v) is 7.12. The minimum absolute atomic E-state index is 0.410. The zero-order chi connectivity index (χ0) is 15.0. The molecule has 0 aliphatic carbocycles. The Bertz CT molecular complexity index is 362. The summed E-state index contributed by atoms with van der Waals surface area (Å²) in [5.74, 6) is 0.620. The summed E-state index contributed by atoms with van der Waals surface area (Å²) in [5.41, 5.74) is 3.22. The molecule has 1 aromatic carbocycles. The first-order valence-corrected chi connectivity index (χ1v) is 8.24. The highest BCUT2D eigenvalue weighted by Crippen LogP contribution is 2.23. The zero-order valence-electron chi connectivity index (χ0n) is 14.1. The number of hydrogen-bond acceptors (Lipinski definition) is 1. The van der Waals surface area contributed by atoms with Gasteiger partial charge in [0.1, 0.15) is 0 Å². The molecule has 0 bridgehead atoms. The predicted octanol–water partition coefficient (Wildman–Crippen LogP) is 5.51. The quantitative estimate of drug-likeness (QED) is 0.586. The molecule has 1 aromatic rings. The SMILES string of the molecule is CCCCCC(C)(C)CNCc1ccc(C(C)C)cc1. The summed E-state index contributed by atoms with van der Waals surface area (Å²) in [6.45, 7) is 13.6. The fourth-order valence-corrected chi connectivity index (χ4v) is 2.51. The summed E-state index contributed by atoms with van der Waals surface area (Å²) in [7, 11) is 0. The maximum atomic E-state index is 3.62. The highest BCUT2D eigenvalue weighted by atomic mass is 14.9. The van der Waals surface area contributed by atoms with Crippen molar-refractivity contribution in [3.8, 4) is 0 Å². The van der Waals surface area contributed by atoms with E-state index in [0.29, 0.717) is 11.3 Å². The number of nitrogens with one attached hydrogen (secondary N) is 1. The fraction of sp³-hybridized carbons (Fsp3) is 0.684. The molecule has 1 nitrogen and oxygen atoms in total. The lowest BCUT2D eigenvalue weighted by Gasteiger charge is -2.25. The predicted molar refractivity (Wildman–Crippen MR) is 90.2 cm³/mol. The summed E-state index contributed by atoms with van der Waals surface area (Å²) >= 11 is 0. The van der Waals surface area contributed by atoms with Gasteiger partial charge in [-0.05, 0) is 28.9 Å². The lowest BCUT2D eigenvalue weighted by atomic mass is 9.87. The molecule has 0 atom stereocenters. The van der Waals surface area contributed by atoms with Gasteiger partial charge in [-0.3, -0.25) is 0 Å². The molecule has 0 heterocycles. The molecule has 0 aromatic heterocycles. The van der Waals surface area contributed by atoms with Crippen molar-refractivity contribution in [2.45, 2.75) is 72.8 Å². The van der Waals surface area contributed by atoms with E-state index in [0.717, 1.165) is 13.1 Å². The van der Waals surface area contributed by atoms with Gasteiger partial charge >= 0.3 is 0 Å². The van der Waals surface area contributed by atoms with Crippen molar-refractivity contribution in [3.05, 3.63) is 35.4 Å². The van der Waals surface area contributed by atoms with E-state index in [9.17, 15) is 0 Å². The van der Waals surface area contributed by atoms with Crippen molar-refractivity contribution >= 4 is 0 Å². The summed E-state index contributed by atoms with van der Waals surface area (Å²) in [6.07, 6.45) is 5.35. The largest absolute Gasteiger partial charge is 0.312 e. The summed E-state index contributed by atoms with van der Waals surface area (Å²) in [4.78, 5) is 0. The second kappa shape index (κ2) is 8.46. The first kappa shape index (κ1) is 17.2. The van der Waals surface area contributed by atoms with Gasteiger partial charge in [-0.25, -0.2) is 0 Å². The monoisotopic (exact) mass is 275 g/mol. The molecule has 0 fully saturated rings. The van der Waals surface area contributed by atoms with E-state index in [1.54, 1.807) is 0 Å². The zero-order valence-corrected chi connectivity index (χ0v) is 14.1. The van der Waals surface area contributed by atoms with E-state index in [1.807, 2.05) is 0 Å². The molecular weight excluding hydrogens is 242 g/mol. The molecule has 114 valence electrons. The van der Waals surface area contributed by atoms with Crippen LogP contribution in [-0.2, 0) is 6.54 Å². The topological polar surface area (TPSA) is 12.0 Å². The molecule has 0 saturated carbocycles. The van der Waals surface area contributed by atoms with E-state index in [1.165, 1.54) is 36.8 Å². The van der Waals surface area contributed by atoms with Gasteiger partial charge in [-0.15, -0.1) is 0 Å². The maximum absolute atomic E-state index is 3.62. The van der Waals surface area contributed by atoms with E-state index in [-0.39, 0.29) is 0 Å². The molecular formula is C19H33N. The molecule has 0 radical (unpaired) electrons. The molecule has 1 N–H and O–H groups in total. The number of unbranched alkanes of at least 4 members (excludes halogenated alkanes) is 2. The Morgan fingerprint density at radius 2 is 1.70 bits per heavy atom. The summed E-state index contributed by atoms with van der Waals surface area (Å²) < 4.78 is 0. The van der Waals surface area contributed by atoms with Gasteiger partial charge in [-0.2, -0.15) is 0 Å². The van der Waals surface area contributed by atoms with Gasteiger partial charge in [0.05, 0.1) is 0 Å². The van der Waals surface area contributed by atoms with Crippen LogP contribution in [0.15, 0.2) is 24.3 Å². The van der Waals surface area contributed by atoms with Gasteiger partial charge in [0.25, 0.3) is 0 Å². The van der Waals surface area contributed by atoms with Crippen LogP contribution in [0.25, 0.3) is 0 Å². The maximum Gasteiger partial charge on any atom is 0.0205 e. The Hall–Kier alpha value is -0.820. The van der Waals surface area contributed by atoms with Gasteiger partial charge < -0.3 is 5.32 Å². The lowest BCUT2D eigenvalue weighted by Crippen LogP contribution is -2.29. The number of benzene rings is 1. The van der Waals surface area contributed by atoms with E-state index < -0.39 is 0 Å². The van der Waals surface area contributed by atoms with Gasteiger partial charge in [-0.1, -0.05) is 78.1 Å². The average molecular weight is 275 g/mol. The van der Waals surface area contributed by atoms with Crippen molar-refractivity contribution in [2.75, 3.05) is 6.54 Å². The molecule has 20 heavy (non-hydrogen) atoms. The van der Waals surface area contributed by atoms with Gasteiger partial charge in [0, 0.05) is 13.1 Å². The minimum Gasteiger partial charge on any atom is -0.312 e. The van der Waals surface area contributed by atoms with Crippen LogP contribution in [0.1, 0.15) is 77.3 Å². The highest BCUT2D eigenvalue weighted by molar-refractivity contribution is 5.24. The van der Waals surface area contributed by atoms with Crippen LogP contribution in [0.2, 0.25) is 0 Å². The van der Waals surface area contributed by atoms with Gasteiger partial charge in [0.15, 0.2) is 0 Å². The summed E-state index contributed by atoms with van der Waals surface area (Å²) in [6, 6.07) is 9.03. The highest BCUT2D eigenvalue weighted by Gasteiger charge is 2.16. The minimum atomic E-state index is 0.410. The molecule has 0 aliphatic rings. The second-order valence-electron chi connectivity index (χ2n) is 7.12.